The first-order valence-electron chi connectivity index (χ1n) is 9.37. The number of carbonyl (C=O) groups excluding carboxylic acids is 1. The topological polar surface area (TPSA) is 33.2 Å². The Bertz CT molecular complexity index is 533. The van der Waals surface area contributed by atoms with Crippen LogP contribution in [0.5, 0.6) is 0 Å². The summed E-state index contributed by atoms with van der Waals surface area (Å²) in [4.78, 5) is 19.8. The predicted octanol–water partition coefficient (Wildman–Crippen LogP) is 4.04. The zero-order valence-corrected chi connectivity index (χ0v) is 14.2. The Morgan fingerprint density at radius 1 is 1.22 bits per heavy atom. The highest BCUT2D eigenvalue weighted by molar-refractivity contribution is 5.83. The molecule has 5 rings (SSSR count). The molecule has 0 unspecified atom stereocenters. The van der Waals surface area contributed by atoms with E-state index in [0.29, 0.717) is 5.91 Å². The quantitative estimate of drug-likeness (QED) is 0.822. The molecule has 4 bridgehead atoms. The van der Waals surface area contributed by atoms with Gasteiger partial charge in [0.1, 0.15) is 0 Å². The van der Waals surface area contributed by atoms with Gasteiger partial charge in [0.2, 0.25) is 5.91 Å². The van der Waals surface area contributed by atoms with E-state index in [9.17, 15) is 4.79 Å². The number of aromatic nitrogens is 1. The van der Waals surface area contributed by atoms with Crippen molar-refractivity contribution in [2.75, 3.05) is 6.54 Å². The molecule has 0 aromatic carbocycles. The van der Waals surface area contributed by atoms with Crippen molar-refractivity contribution >= 4 is 5.91 Å². The Kier molecular flexibility index (Phi) is 3.90. The number of rotatable bonds is 5. The minimum Gasteiger partial charge on any atom is -0.338 e. The van der Waals surface area contributed by atoms with Gasteiger partial charge in [0.05, 0.1) is 5.41 Å². The van der Waals surface area contributed by atoms with E-state index in [1.54, 1.807) is 6.20 Å². The van der Waals surface area contributed by atoms with Gasteiger partial charge in [-0.05, 0) is 74.3 Å². The molecule has 3 heteroatoms. The molecular formula is C20H28N2O. The maximum Gasteiger partial charge on any atom is 0.229 e. The Morgan fingerprint density at radius 3 is 2.39 bits per heavy atom. The number of nitrogens with zero attached hydrogens (tertiary/aromatic N) is 2. The zero-order chi connectivity index (χ0) is 15.9. The van der Waals surface area contributed by atoms with Crippen LogP contribution < -0.4 is 0 Å². The molecule has 0 saturated heterocycles. The first-order valence-corrected chi connectivity index (χ1v) is 9.37. The van der Waals surface area contributed by atoms with Crippen LogP contribution in [0.25, 0.3) is 0 Å². The fraction of sp³-hybridized carbons (Fsp3) is 0.700. The molecule has 0 aliphatic heterocycles. The first-order chi connectivity index (χ1) is 11.2. The lowest BCUT2D eigenvalue weighted by molar-refractivity contribution is -0.158. The number of carbonyl (C=O) groups is 1. The molecule has 1 aromatic heterocycles. The maximum atomic E-state index is 13.5. The van der Waals surface area contributed by atoms with Crippen molar-refractivity contribution in [3.8, 4) is 0 Å². The molecule has 1 heterocycles. The molecule has 4 fully saturated rings. The van der Waals surface area contributed by atoms with Gasteiger partial charge in [-0.25, -0.2) is 0 Å². The van der Waals surface area contributed by atoms with E-state index in [-0.39, 0.29) is 5.41 Å². The molecule has 0 atom stereocenters. The third kappa shape index (κ3) is 2.79. The molecule has 1 amide bonds. The van der Waals surface area contributed by atoms with Crippen LogP contribution in [-0.2, 0) is 11.3 Å². The van der Waals surface area contributed by atoms with Crippen LogP contribution >= 0.6 is 0 Å². The van der Waals surface area contributed by atoms with Gasteiger partial charge in [-0.3, -0.25) is 9.78 Å². The molecule has 3 nitrogen and oxygen atoms in total. The van der Waals surface area contributed by atoms with E-state index in [4.69, 9.17) is 0 Å². The standard InChI is InChI=1S/C20H28N2O/c1-2-6-22(14-15-4-3-5-21-13-15)19(23)20-10-16-7-17(11-20)9-18(8-16)12-20/h3-5,13,16-18H,2,6-12,14H2,1H3. The van der Waals surface area contributed by atoms with Gasteiger partial charge in [-0.1, -0.05) is 13.0 Å². The highest BCUT2D eigenvalue weighted by Crippen LogP contribution is 2.60. The lowest BCUT2D eigenvalue weighted by atomic mass is 9.49. The Balaban J connectivity index is 1.55. The minimum absolute atomic E-state index is 0.0217. The summed E-state index contributed by atoms with van der Waals surface area (Å²) >= 11 is 0. The number of hydrogen-bond acceptors (Lipinski definition) is 2. The fourth-order valence-electron chi connectivity index (χ4n) is 5.94. The first kappa shape index (κ1) is 15.2. The summed E-state index contributed by atoms with van der Waals surface area (Å²) in [5, 5.41) is 0. The van der Waals surface area contributed by atoms with E-state index in [2.05, 4.69) is 22.9 Å². The zero-order valence-electron chi connectivity index (χ0n) is 14.2. The van der Waals surface area contributed by atoms with Crippen LogP contribution in [0.2, 0.25) is 0 Å². The predicted molar refractivity (Wildman–Crippen MR) is 90.6 cm³/mol. The second kappa shape index (κ2) is 5.92. The summed E-state index contributed by atoms with van der Waals surface area (Å²) in [5.74, 6) is 2.92. The van der Waals surface area contributed by atoms with E-state index >= 15 is 0 Å². The average Bonchev–Trinajstić information content (AvgIpc) is 2.53. The molecule has 124 valence electrons. The molecule has 4 aliphatic carbocycles. The van der Waals surface area contributed by atoms with Crippen molar-refractivity contribution in [3.63, 3.8) is 0 Å². The van der Waals surface area contributed by atoms with Crippen molar-refractivity contribution in [1.29, 1.82) is 0 Å². The molecule has 23 heavy (non-hydrogen) atoms. The second-order valence-corrected chi connectivity index (χ2v) is 8.29. The average molecular weight is 312 g/mol. The van der Waals surface area contributed by atoms with Gasteiger partial charge >= 0.3 is 0 Å². The molecule has 1 aromatic rings. The molecule has 0 N–H and O–H groups in total. The van der Waals surface area contributed by atoms with Gasteiger partial charge < -0.3 is 4.90 Å². The lowest BCUT2D eigenvalue weighted by Gasteiger charge is -2.56. The second-order valence-electron chi connectivity index (χ2n) is 8.29. The van der Waals surface area contributed by atoms with E-state index in [1.807, 2.05) is 12.3 Å². The Labute approximate surface area is 139 Å². The number of hydrogen-bond donors (Lipinski definition) is 0. The summed E-state index contributed by atoms with van der Waals surface area (Å²) in [5.41, 5.74) is 1.13. The van der Waals surface area contributed by atoms with E-state index < -0.39 is 0 Å². The monoisotopic (exact) mass is 312 g/mol. The van der Waals surface area contributed by atoms with E-state index in [1.165, 1.54) is 19.3 Å². The van der Waals surface area contributed by atoms with Crippen molar-refractivity contribution in [1.82, 2.24) is 9.88 Å². The summed E-state index contributed by atoms with van der Waals surface area (Å²) in [6, 6.07) is 4.05. The van der Waals surface area contributed by atoms with Crippen molar-refractivity contribution in [3.05, 3.63) is 30.1 Å². The van der Waals surface area contributed by atoms with Crippen LogP contribution in [-0.4, -0.2) is 22.3 Å². The normalized spacial score (nSPS) is 34.6. The molecule has 4 saturated carbocycles. The van der Waals surface area contributed by atoms with Crippen LogP contribution in [0.4, 0.5) is 0 Å². The summed E-state index contributed by atoms with van der Waals surface area (Å²) in [6.45, 7) is 3.76. The van der Waals surface area contributed by atoms with Crippen LogP contribution in [0, 0.1) is 23.2 Å². The van der Waals surface area contributed by atoms with Gasteiger partial charge in [0, 0.05) is 25.5 Å². The van der Waals surface area contributed by atoms with Gasteiger partial charge in [-0.15, -0.1) is 0 Å². The SMILES string of the molecule is CCCN(Cc1cccnc1)C(=O)C12CC3CC(CC(C3)C1)C2. The van der Waals surface area contributed by atoms with Crippen LogP contribution in [0.15, 0.2) is 24.5 Å². The third-order valence-electron chi connectivity index (χ3n) is 6.37. The van der Waals surface area contributed by atoms with Crippen molar-refractivity contribution in [2.45, 2.75) is 58.4 Å². The van der Waals surface area contributed by atoms with Gasteiger partial charge in [-0.2, -0.15) is 0 Å². The Hall–Kier alpha value is -1.38. The smallest absolute Gasteiger partial charge is 0.229 e. The summed E-state index contributed by atoms with van der Waals surface area (Å²) in [7, 11) is 0. The summed E-state index contributed by atoms with van der Waals surface area (Å²) in [6.07, 6.45) is 12.4. The highest BCUT2D eigenvalue weighted by atomic mass is 16.2. The van der Waals surface area contributed by atoms with Crippen molar-refractivity contribution < 1.29 is 4.79 Å². The number of pyridine rings is 1. The molecule has 0 spiro atoms. The Morgan fingerprint density at radius 2 is 1.87 bits per heavy atom. The van der Waals surface area contributed by atoms with Crippen LogP contribution in [0.1, 0.15) is 57.4 Å². The molecule has 4 aliphatic rings. The lowest BCUT2D eigenvalue weighted by Crippen LogP contribution is -2.54. The third-order valence-corrected chi connectivity index (χ3v) is 6.37. The summed E-state index contributed by atoms with van der Waals surface area (Å²) < 4.78 is 0. The molecular weight excluding hydrogens is 284 g/mol. The number of amides is 1. The van der Waals surface area contributed by atoms with Gasteiger partial charge in [0.15, 0.2) is 0 Å². The van der Waals surface area contributed by atoms with E-state index in [0.717, 1.165) is 62.1 Å². The largest absolute Gasteiger partial charge is 0.338 e. The van der Waals surface area contributed by atoms with Crippen LogP contribution in [0.3, 0.4) is 0 Å². The fourth-order valence-corrected chi connectivity index (χ4v) is 5.94. The minimum atomic E-state index is -0.0217. The highest BCUT2D eigenvalue weighted by Gasteiger charge is 2.55. The molecule has 0 radical (unpaired) electrons. The van der Waals surface area contributed by atoms with Gasteiger partial charge in [0.25, 0.3) is 0 Å². The van der Waals surface area contributed by atoms with Crippen molar-refractivity contribution in [2.24, 2.45) is 23.2 Å². The maximum absolute atomic E-state index is 13.5.